The molecular formula is C12H9N3O3. The van der Waals surface area contributed by atoms with Gasteiger partial charge in [-0.15, -0.1) is 0 Å². The molecule has 0 radical (unpaired) electrons. The Balaban J connectivity index is 2.36. The summed E-state index contributed by atoms with van der Waals surface area (Å²) in [5.41, 5.74) is -0.281. The topological polar surface area (TPSA) is 84.5 Å². The Hall–Kier alpha value is -2.76. The third kappa shape index (κ3) is 2.49. The fourth-order valence-electron chi connectivity index (χ4n) is 1.32. The lowest BCUT2D eigenvalue weighted by Crippen LogP contribution is -2.23. The molecule has 2 aromatic rings. The van der Waals surface area contributed by atoms with Crippen molar-refractivity contribution in [1.29, 1.82) is 0 Å². The number of aromatic nitrogens is 2. The molecule has 0 saturated heterocycles. The number of pyridine rings is 2. The normalized spacial score (nSPS) is 10.7. The number of carboxylic acid groups (broad SMARTS) is 1. The maximum Gasteiger partial charge on any atom is 0.341 e. The second-order valence-electron chi connectivity index (χ2n) is 3.41. The van der Waals surface area contributed by atoms with Crippen molar-refractivity contribution in [3.63, 3.8) is 0 Å². The molecule has 2 aromatic heterocycles. The van der Waals surface area contributed by atoms with Crippen LogP contribution in [0.3, 0.4) is 0 Å². The van der Waals surface area contributed by atoms with E-state index in [-0.39, 0.29) is 5.56 Å². The predicted octanol–water partition coefficient (Wildman–Crippen LogP) is 0.824. The third-order valence-corrected chi connectivity index (χ3v) is 2.17. The molecule has 2 rings (SSSR count). The molecule has 0 aliphatic heterocycles. The van der Waals surface area contributed by atoms with Crippen molar-refractivity contribution in [3.05, 3.63) is 64.3 Å². The summed E-state index contributed by atoms with van der Waals surface area (Å²) >= 11 is 0. The fourth-order valence-corrected chi connectivity index (χ4v) is 1.32. The predicted molar refractivity (Wildman–Crippen MR) is 64.9 cm³/mol. The van der Waals surface area contributed by atoms with Crippen LogP contribution in [0.5, 0.6) is 0 Å². The summed E-state index contributed by atoms with van der Waals surface area (Å²) in [6.07, 6.45) is 6.02. The molecule has 0 amide bonds. The van der Waals surface area contributed by atoms with Gasteiger partial charge in [0.05, 0.1) is 6.21 Å². The van der Waals surface area contributed by atoms with Gasteiger partial charge >= 0.3 is 5.97 Å². The van der Waals surface area contributed by atoms with Gasteiger partial charge in [-0.05, 0) is 18.2 Å². The van der Waals surface area contributed by atoms with Crippen molar-refractivity contribution in [2.45, 2.75) is 0 Å². The largest absolute Gasteiger partial charge is 0.477 e. The summed E-state index contributed by atoms with van der Waals surface area (Å²) in [6.45, 7) is 0. The lowest BCUT2D eigenvalue weighted by atomic mass is 10.3. The first kappa shape index (κ1) is 11.7. The van der Waals surface area contributed by atoms with Gasteiger partial charge in [0.1, 0.15) is 5.56 Å². The lowest BCUT2D eigenvalue weighted by molar-refractivity contribution is 0.0694. The van der Waals surface area contributed by atoms with Crippen LogP contribution in [-0.4, -0.2) is 27.0 Å². The van der Waals surface area contributed by atoms with Crippen LogP contribution in [0, 0.1) is 0 Å². The molecule has 90 valence electrons. The van der Waals surface area contributed by atoms with Gasteiger partial charge in [0.2, 0.25) is 0 Å². The van der Waals surface area contributed by atoms with Gasteiger partial charge in [-0.3, -0.25) is 9.78 Å². The molecule has 1 N–H and O–H groups in total. The summed E-state index contributed by atoms with van der Waals surface area (Å²) in [5, 5.41) is 12.7. The molecule has 2 heterocycles. The SMILES string of the molecule is O=C(O)c1cccn(N=Cc2cccnc2)c1=O. The molecule has 0 aliphatic rings. The van der Waals surface area contributed by atoms with Gasteiger partial charge in [0, 0.05) is 24.2 Å². The second kappa shape index (κ2) is 5.05. The number of aromatic carboxylic acids is 1. The molecule has 0 bridgehead atoms. The average molecular weight is 243 g/mol. The Morgan fingerprint density at radius 2 is 2.22 bits per heavy atom. The molecule has 0 unspecified atom stereocenters. The number of rotatable bonds is 3. The zero-order valence-electron chi connectivity index (χ0n) is 9.22. The maximum atomic E-state index is 11.7. The Kier molecular flexibility index (Phi) is 3.29. The van der Waals surface area contributed by atoms with E-state index in [0.717, 1.165) is 4.68 Å². The summed E-state index contributed by atoms with van der Waals surface area (Å²) in [6, 6.07) is 6.19. The zero-order valence-corrected chi connectivity index (χ0v) is 9.22. The fraction of sp³-hybridized carbons (Fsp3) is 0. The molecule has 0 aromatic carbocycles. The quantitative estimate of drug-likeness (QED) is 0.809. The number of carbonyl (C=O) groups is 1. The molecule has 0 spiro atoms. The number of nitrogens with zero attached hydrogens (tertiary/aromatic N) is 3. The van der Waals surface area contributed by atoms with Crippen LogP contribution in [0.15, 0.2) is 52.8 Å². The minimum atomic E-state index is -1.27. The van der Waals surface area contributed by atoms with Gasteiger partial charge in [-0.2, -0.15) is 5.10 Å². The molecular weight excluding hydrogens is 234 g/mol. The highest BCUT2D eigenvalue weighted by molar-refractivity contribution is 5.87. The summed E-state index contributed by atoms with van der Waals surface area (Å²) in [7, 11) is 0. The van der Waals surface area contributed by atoms with Gasteiger partial charge in [0.15, 0.2) is 0 Å². The van der Waals surface area contributed by atoms with E-state index in [0.29, 0.717) is 5.56 Å². The highest BCUT2D eigenvalue weighted by atomic mass is 16.4. The van der Waals surface area contributed by atoms with Crippen molar-refractivity contribution >= 4 is 12.2 Å². The van der Waals surface area contributed by atoms with E-state index in [4.69, 9.17) is 5.11 Å². The van der Waals surface area contributed by atoms with Crippen LogP contribution in [0.1, 0.15) is 15.9 Å². The van der Waals surface area contributed by atoms with Crippen molar-refractivity contribution in [2.24, 2.45) is 5.10 Å². The van der Waals surface area contributed by atoms with E-state index >= 15 is 0 Å². The minimum absolute atomic E-state index is 0.319. The lowest BCUT2D eigenvalue weighted by Gasteiger charge is -1.99. The van der Waals surface area contributed by atoms with Gasteiger partial charge in [-0.25, -0.2) is 9.47 Å². The summed E-state index contributed by atoms with van der Waals surface area (Å²) in [5.74, 6) is -1.27. The minimum Gasteiger partial charge on any atom is -0.477 e. The van der Waals surface area contributed by atoms with Crippen LogP contribution in [0.4, 0.5) is 0 Å². The second-order valence-corrected chi connectivity index (χ2v) is 3.41. The van der Waals surface area contributed by atoms with E-state index in [9.17, 15) is 9.59 Å². The zero-order chi connectivity index (χ0) is 13.0. The first-order valence-corrected chi connectivity index (χ1v) is 5.08. The number of carboxylic acids is 1. The van der Waals surface area contributed by atoms with Crippen LogP contribution in [0.2, 0.25) is 0 Å². The van der Waals surface area contributed by atoms with Gasteiger partial charge < -0.3 is 5.11 Å². The molecule has 0 atom stereocenters. The molecule has 18 heavy (non-hydrogen) atoms. The first-order chi connectivity index (χ1) is 8.68. The van der Waals surface area contributed by atoms with Crippen molar-refractivity contribution in [2.75, 3.05) is 0 Å². The Morgan fingerprint density at radius 1 is 1.39 bits per heavy atom. The van der Waals surface area contributed by atoms with Crippen molar-refractivity contribution < 1.29 is 9.90 Å². The Morgan fingerprint density at radius 3 is 2.89 bits per heavy atom. The van der Waals surface area contributed by atoms with Crippen LogP contribution < -0.4 is 5.56 Å². The molecule has 0 saturated carbocycles. The highest BCUT2D eigenvalue weighted by Gasteiger charge is 2.08. The van der Waals surface area contributed by atoms with E-state index in [1.807, 2.05) is 0 Å². The van der Waals surface area contributed by atoms with Gasteiger partial charge in [-0.1, -0.05) is 6.07 Å². The summed E-state index contributed by atoms with van der Waals surface area (Å²) in [4.78, 5) is 26.3. The van der Waals surface area contributed by atoms with E-state index in [1.54, 1.807) is 24.5 Å². The standard InChI is InChI=1S/C12H9N3O3/c16-11-10(12(17)18)4-2-6-15(11)14-8-9-3-1-5-13-7-9/h1-8H,(H,17,18). The summed E-state index contributed by atoms with van der Waals surface area (Å²) < 4.78 is 0.969. The highest BCUT2D eigenvalue weighted by Crippen LogP contribution is 1.94. The van der Waals surface area contributed by atoms with Crippen LogP contribution >= 0.6 is 0 Å². The first-order valence-electron chi connectivity index (χ1n) is 5.08. The van der Waals surface area contributed by atoms with Crippen LogP contribution in [0.25, 0.3) is 0 Å². The van der Waals surface area contributed by atoms with Crippen LogP contribution in [-0.2, 0) is 0 Å². The monoisotopic (exact) mass is 243 g/mol. The molecule has 0 aliphatic carbocycles. The molecule has 0 fully saturated rings. The van der Waals surface area contributed by atoms with Crippen molar-refractivity contribution in [1.82, 2.24) is 9.66 Å². The molecule has 6 heteroatoms. The van der Waals surface area contributed by atoms with E-state index in [2.05, 4.69) is 10.1 Å². The van der Waals surface area contributed by atoms with Gasteiger partial charge in [0.25, 0.3) is 5.56 Å². The maximum absolute atomic E-state index is 11.7. The Bertz CT molecular complexity index is 647. The van der Waals surface area contributed by atoms with E-state index in [1.165, 1.54) is 24.5 Å². The smallest absolute Gasteiger partial charge is 0.341 e. The third-order valence-electron chi connectivity index (χ3n) is 2.17. The number of hydrogen-bond donors (Lipinski definition) is 1. The average Bonchev–Trinajstić information content (AvgIpc) is 2.38. The molecule has 6 nitrogen and oxygen atoms in total. The van der Waals surface area contributed by atoms with E-state index < -0.39 is 11.5 Å². The number of hydrogen-bond acceptors (Lipinski definition) is 4. The van der Waals surface area contributed by atoms with Crippen molar-refractivity contribution in [3.8, 4) is 0 Å². The Labute approximate surface area is 102 Å².